The third kappa shape index (κ3) is 5.22. The Morgan fingerprint density at radius 2 is 1.82 bits per heavy atom. The third-order valence-corrected chi connectivity index (χ3v) is 6.50. The number of rotatable bonds is 8. The summed E-state index contributed by atoms with van der Waals surface area (Å²) in [7, 11) is 0. The van der Waals surface area contributed by atoms with Gasteiger partial charge in [-0.05, 0) is 66.0 Å². The molecule has 1 aliphatic rings. The molecule has 4 rings (SSSR count). The molecule has 0 bridgehead atoms. The van der Waals surface area contributed by atoms with E-state index in [0.717, 1.165) is 66.1 Å². The van der Waals surface area contributed by atoms with Crippen LogP contribution in [0.5, 0.6) is 0 Å². The number of amides is 1. The standard InChI is InChI=1S/C26H36N6O2/c1-17(2)34-16-6-13-27-26(33)21-11-14-31(15-12-21)25-24-23(19(4)28-29-25)20(5)32(30-24)22-9-7-18(3)8-10-22/h7-10,17,21H,6,11-16H2,1-5H3,(H,27,33). The SMILES string of the molecule is Cc1ccc(-n2nc3c(N4CCC(C(=O)NCCCOC(C)C)CC4)nnc(C)c3c2C)cc1. The highest BCUT2D eigenvalue weighted by Gasteiger charge is 2.28. The summed E-state index contributed by atoms with van der Waals surface area (Å²) >= 11 is 0. The van der Waals surface area contributed by atoms with Crippen molar-refractivity contribution in [1.29, 1.82) is 0 Å². The van der Waals surface area contributed by atoms with Crippen molar-refractivity contribution >= 4 is 22.6 Å². The number of carbonyl (C=O) groups excluding carboxylic acids is 1. The Morgan fingerprint density at radius 3 is 2.50 bits per heavy atom. The molecule has 8 nitrogen and oxygen atoms in total. The number of aromatic nitrogens is 4. The largest absolute Gasteiger partial charge is 0.379 e. The number of nitrogens with one attached hydrogen (secondary N) is 1. The molecule has 1 N–H and O–H groups in total. The van der Waals surface area contributed by atoms with Gasteiger partial charge in [-0.1, -0.05) is 17.7 Å². The van der Waals surface area contributed by atoms with E-state index in [9.17, 15) is 4.79 Å². The minimum atomic E-state index is 0.0306. The molecule has 8 heteroatoms. The molecular formula is C26H36N6O2. The van der Waals surface area contributed by atoms with Crippen molar-refractivity contribution in [2.75, 3.05) is 31.1 Å². The molecule has 2 aromatic heterocycles. The van der Waals surface area contributed by atoms with Crippen LogP contribution < -0.4 is 10.2 Å². The highest BCUT2D eigenvalue weighted by atomic mass is 16.5. The van der Waals surface area contributed by atoms with Crippen LogP contribution in [-0.2, 0) is 9.53 Å². The van der Waals surface area contributed by atoms with Crippen LogP contribution in [0.1, 0.15) is 50.1 Å². The van der Waals surface area contributed by atoms with E-state index in [-0.39, 0.29) is 17.9 Å². The molecule has 0 saturated carbocycles. The van der Waals surface area contributed by atoms with Gasteiger partial charge in [-0.15, -0.1) is 5.10 Å². The van der Waals surface area contributed by atoms with Crippen LogP contribution in [-0.4, -0.2) is 58.2 Å². The van der Waals surface area contributed by atoms with Crippen molar-refractivity contribution in [1.82, 2.24) is 25.3 Å². The van der Waals surface area contributed by atoms with Gasteiger partial charge in [-0.25, -0.2) is 4.68 Å². The second kappa shape index (κ2) is 10.5. The van der Waals surface area contributed by atoms with Gasteiger partial charge in [0, 0.05) is 32.2 Å². The van der Waals surface area contributed by atoms with Crippen LogP contribution in [0.2, 0.25) is 0 Å². The first-order chi connectivity index (χ1) is 16.3. The fourth-order valence-electron chi connectivity index (χ4n) is 4.56. The third-order valence-electron chi connectivity index (χ3n) is 6.50. The Morgan fingerprint density at radius 1 is 1.12 bits per heavy atom. The molecule has 0 spiro atoms. The van der Waals surface area contributed by atoms with Crippen molar-refractivity contribution in [2.24, 2.45) is 5.92 Å². The van der Waals surface area contributed by atoms with Crippen molar-refractivity contribution in [3.8, 4) is 5.69 Å². The average molecular weight is 465 g/mol. The fraction of sp³-hybridized carbons (Fsp3) is 0.538. The number of fused-ring (bicyclic) bond motifs is 1. The van der Waals surface area contributed by atoms with E-state index in [1.54, 1.807) is 0 Å². The summed E-state index contributed by atoms with van der Waals surface area (Å²) in [6.45, 7) is 13.0. The first-order valence-electron chi connectivity index (χ1n) is 12.3. The minimum absolute atomic E-state index is 0.0306. The summed E-state index contributed by atoms with van der Waals surface area (Å²) < 4.78 is 7.52. The van der Waals surface area contributed by atoms with Crippen molar-refractivity contribution < 1.29 is 9.53 Å². The lowest BCUT2D eigenvalue weighted by atomic mass is 9.95. The molecule has 34 heavy (non-hydrogen) atoms. The van der Waals surface area contributed by atoms with E-state index < -0.39 is 0 Å². The number of benzene rings is 1. The van der Waals surface area contributed by atoms with Crippen LogP contribution in [0.4, 0.5) is 5.82 Å². The monoisotopic (exact) mass is 464 g/mol. The average Bonchev–Trinajstić information content (AvgIpc) is 3.17. The summed E-state index contributed by atoms with van der Waals surface area (Å²) in [4.78, 5) is 14.8. The zero-order valence-electron chi connectivity index (χ0n) is 21.0. The lowest BCUT2D eigenvalue weighted by Crippen LogP contribution is -2.41. The maximum Gasteiger partial charge on any atom is 0.223 e. The molecule has 1 aromatic carbocycles. The number of aryl methyl sites for hydroxylation is 3. The Bertz CT molecular complexity index is 1130. The van der Waals surface area contributed by atoms with Gasteiger partial charge in [0.05, 0.1) is 28.6 Å². The second-order valence-electron chi connectivity index (χ2n) is 9.49. The van der Waals surface area contributed by atoms with Crippen molar-refractivity contribution in [3.05, 3.63) is 41.2 Å². The first-order valence-corrected chi connectivity index (χ1v) is 12.3. The molecule has 3 heterocycles. The molecule has 1 amide bonds. The topological polar surface area (TPSA) is 85.2 Å². The number of piperidine rings is 1. The molecule has 0 atom stereocenters. The van der Waals surface area contributed by atoms with Crippen LogP contribution in [0.25, 0.3) is 16.6 Å². The Hall–Kier alpha value is -3.00. The van der Waals surface area contributed by atoms with Gasteiger partial charge >= 0.3 is 0 Å². The predicted molar refractivity (Wildman–Crippen MR) is 135 cm³/mol. The highest BCUT2D eigenvalue weighted by molar-refractivity contribution is 5.92. The molecule has 0 unspecified atom stereocenters. The number of anilines is 1. The second-order valence-corrected chi connectivity index (χ2v) is 9.49. The van der Waals surface area contributed by atoms with Gasteiger partial charge < -0.3 is 15.0 Å². The Kier molecular flexibility index (Phi) is 7.46. The van der Waals surface area contributed by atoms with Crippen LogP contribution in [0.15, 0.2) is 24.3 Å². The number of hydrogen-bond donors (Lipinski definition) is 1. The molecule has 3 aromatic rings. The zero-order chi connectivity index (χ0) is 24.2. The Balaban J connectivity index is 1.44. The highest BCUT2D eigenvalue weighted by Crippen LogP contribution is 2.31. The summed E-state index contributed by atoms with van der Waals surface area (Å²) in [5, 5.41) is 18.1. The van der Waals surface area contributed by atoms with E-state index in [1.165, 1.54) is 5.56 Å². The molecule has 1 fully saturated rings. The van der Waals surface area contributed by atoms with Gasteiger partial charge in [0.2, 0.25) is 5.91 Å². The van der Waals surface area contributed by atoms with Gasteiger partial charge in [0.1, 0.15) is 5.52 Å². The van der Waals surface area contributed by atoms with Crippen LogP contribution >= 0.6 is 0 Å². The van der Waals surface area contributed by atoms with Gasteiger partial charge in [0.25, 0.3) is 0 Å². The number of nitrogens with zero attached hydrogens (tertiary/aromatic N) is 5. The lowest BCUT2D eigenvalue weighted by molar-refractivity contribution is -0.125. The summed E-state index contributed by atoms with van der Waals surface area (Å²) in [6.07, 6.45) is 2.65. The van der Waals surface area contributed by atoms with Crippen molar-refractivity contribution in [2.45, 2.75) is 60.0 Å². The maximum atomic E-state index is 12.6. The quantitative estimate of drug-likeness (QED) is 0.509. The zero-order valence-corrected chi connectivity index (χ0v) is 21.0. The van der Waals surface area contributed by atoms with E-state index in [4.69, 9.17) is 9.84 Å². The molecule has 1 saturated heterocycles. The Labute approximate surface area is 201 Å². The van der Waals surface area contributed by atoms with Gasteiger partial charge in [-0.3, -0.25) is 4.79 Å². The number of carbonyl (C=O) groups is 1. The summed E-state index contributed by atoms with van der Waals surface area (Å²) in [5.74, 6) is 0.978. The molecular weight excluding hydrogens is 428 g/mol. The first kappa shape index (κ1) is 24.1. The van der Waals surface area contributed by atoms with E-state index in [2.05, 4.69) is 58.5 Å². The normalized spacial score (nSPS) is 14.8. The minimum Gasteiger partial charge on any atom is -0.379 e. The van der Waals surface area contributed by atoms with E-state index >= 15 is 0 Å². The van der Waals surface area contributed by atoms with Gasteiger partial charge in [-0.2, -0.15) is 10.2 Å². The smallest absolute Gasteiger partial charge is 0.223 e. The summed E-state index contributed by atoms with van der Waals surface area (Å²) in [6, 6.07) is 8.36. The van der Waals surface area contributed by atoms with E-state index in [0.29, 0.717) is 13.2 Å². The summed E-state index contributed by atoms with van der Waals surface area (Å²) in [5.41, 5.74) is 5.06. The lowest BCUT2D eigenvalue weighted by Gasteiger charge is -2.32. The fourth-order valence-corrected chi connectivity index (χ4v) is 4.56. The number of hydrogen-bond acceptors (Lipinski definition) is 6. The molecule has 1 aliphatic heterocycles. The van der Waals surface area contributed by atoms with Gasteiger partial charge in [0.15, 0.2) is 5.82 Å². The predicted octanol–water partition coefficient (Wildman–Crippen LogP) is 3.89. The van der Waals surface area contributed by atoms with Crippen LogP contribution in [0.3, 0.4) is 0 Å². The van der Waals surface area contributed by atoms with Crippen molar-refractivity contribution in [3.63, 3.8) is 0 Å². The maximum absolute atomic E-state index is 12.6. The molecule has 0 aliphatic carbocycles. The number of ether oxygens (including phenoxy) is 1. The molecule has 182 valence electrons. The van der Waals surface area contributed by atoms with E-state index in [1.807, 2.05) is 25.5 Å². The molecule has 0 radical (unpaired) electrons. The van der Waals surface area contributed by atoms with Crippen LogP contribution in [0, 0.1) is 26.7 Å².